The minimum absolute atomic E-state index is 0.189. The Balaban J connectivity index is 1.91. The molecule has 1 aromatic heterocycles. The molecule has 0 amide bonds. The lowest BCUT2D eigenvalue weighted by Gasteiger charge is -2.09. The number of benzene rings is 3. The molecule has 8 heteroatoms. The van der Waals surface area contributed by atoms with Gasteiger partial charge in [-0.05, 0) is 48.5 Å². The molecule has 1 heterocycles. The van der Waals surface area contributed by atoms with Gasteiger partial charge < -0.3 is 0 Å². The molecule has 0 bridgehead atoms. The Hall–Kier alpha value is -3.35. The summed E-state index contributed by atoms with van der Waals surface area (Å²) in [5, 5.41) is 14.6. The second-order valence-electron chi connectivity index (χ2n) is 6.60. The molecule has 0 aliphatic heterocycles. The molecule has 6 nitrogen and oxygen atoms in total. The molecule has 0 aliphatic rings. The molecule has 0 unspecified atom stereocenters. The monoisotopic (exact) mass is 449 g/mol. The summed E-state index contributed by atoms with van der Waals surface area (Å²) in [5.41, 5.74) is 1.47. The average Bonchev–Trinajstić information content (AvgIpc) is 2.79. The summed E-state index contributed by atoms with van der Waals surface area (Å²) in [7, 11) is 0. The van der Waals surface area contributed by atoms with Gasteiger partial charge in [-0.25, -0.2) is 4.98 Å². The molecular formula is C23H17Cl2N5O. The first kappa shape index (κ1) is 20.9. The van der Waals surface area contributed by atoms with Gasteiger partial charge in [-0.1, -0.05) is 54.4 Å². The van der Waals surface area contributed by atoms with Crippen molar-refractivity contribution in [2.45, 2.75) is 13.3 Å². The van der Waals surface area contributed by atoms with Gasteiger partial charge in [0.25, 0.3) is 5.56 Å². The van der Waals surface area contributed by atoms with E-state index < -0.39 is 0 Å². The van der Waals surface area contributed by atoms with Crippen LogP contribution in [0.2, 0.25) is 10.0 Å². The smallest absolute Gasteiger partial charge is 0.267 e. The van der Waals surface area contributed by atoms with Crippen LogP contribution in [0.15, 0.2) is 92.9 Å². The normalized spacial score (nSPS) is 12.0. The standard InChI is InChI=1S/C23H17Cl2N5O/c1-2-21-26-20-10-6-4-8-18(20)23(31)30(21)29-22(17-7-3-5-9-19(17)25)28-27-16-13-11-15(24)12-14-16/h3-14H,2H2,1H3/b28-27?,29-22-. The van der Waals surface area contributed by atoms with E-state index in [-0.39, 0.29) is 11.4 Å². The van der Waals surface area contributed by atoms with E-state index in [0.29, 0.717) is 44.4 Å². The third-order valence-electron chi connectivity index (χ3n) is 4.53. The van der Waals surface area contributed by atoms with Crippen LogP contribution in [0.3, 0.4) is 0 Å². The first-order valence-electron chi connectivity index (χ1n) is 9.58. The highest BCUT2D eigenvalue weighted by Gasteiger charge is 2.13. The van der Waals surface area contributed by atoms with Crippen LogP contribution < -0.4 is 5.56 Å². The molecule has 0 fully saturated rings. The van der Waals surface area contributed by atoms with Gasteiger partial charge in [0, 0.05) is 17.0 Å². The lowest BCUT2D eigenvalue weighted by molar-refractivity contribution is 0.729. The van der Waals surface area contributed by atoms with E-state index in [4.69, 9.17) is 23.2 Å². The highest BCUT2D eigenvalue weighted by molar-refractivity contribution is 6.34. The summed E-state index contributed by atoms with van der Waals surface area (Å²) in [6, 6.07) is 21.2. The van der Waals surface area contributed by atoms with E-state index >= 15 is 0 Å². The first-order chi connectivity index (χ1) is 15.1. The van der Waals surface area contributed by atoms with Gasteiger partial charge in [0.1, 0.15) is 5.82 Å². The largest absolute Gasteiger partial charge is 0.282 e. The number of fused-ring (bicyclic) bond motifs is 1. The van der Waals surface area contributed by atoms with Gasteiger partial charge in [0.05, 0.1) is 21.6 Å². The molecule has 0 saturated carbocycles. The van der Waals surface area contributed by atoms with Gasteiger partial charge in [0.2, 0.25) is 5.84 Å². The van der Waals surface area contributed by atoms with Crippen LogP contribution in [0.25, 0.3) is 10.9 Å². The number of para-hydroxylation sites is 1. The maximum absolute atomic E-state index is 13.2. The zero-order valence-corrected chi connectivity index (χ0v) is 18.0. The van der Waals surface area contributed by atoms with Crippen molar-refractivity contribution >= 4 is 45.6 Å². The SMILES string of the molecule is CCc1nc2ccccc2c(=O)n1/N=C(\N=Nc1ccc(Cl)cc1)c1ccccc1Cl. The summed E-state index contributed by atoms with van der Waals surface area (Å²) in [6.07, 6.45) is 0.508. The molecule has 0 radical (unpaired) electrons. The third-order valence-corrected chi connectivity index (χ3v) is 5.11. The zero-order valence-electron chi connectivity index (χ0n) is 16.5. The van der Waals surface area contributed by atoms with Crippen LogP contribution in [0.5, 0.6) is 0 Å². The third kappa shape index (κ3) is 4.55. The van der Waals surface area contributed by atoms with Gasteiger partial charge in [-0.3, -0.25) is 4.79 Å². The molecule has 0 aliphatic carbocycles. The fourth-order valence-corrected chi connectivity index (χ4v) is 3.33. The summed E-state index contributed by atoms with van der Waals surface area (Å²) < 4.78 is 1.27. The maximum Gasteiger partial charge on any atom is 0.282 e. The van der Waals surface area contributed by atoms with Crippen molar-refractivity contribution in [3.63, 3.8) is 0 Å². The van der Waals surface area contributed by atoms with E-state index in [1.54, 1.807) is 60.7 Å². The predicted octanol–water partition coefficient (Wildman–Crippen LogP) is 6.26. The Labute approximate surface area is 188 Å². The molecule has 4 rings (SSSR count). The van der Waals surface area contributed by atoms with E-state index in [9.17, 15) is 4.79 Å². The van der Waals surface area contributed by atoms with Crippen LogP contribution >= 0.6 is 23.2 Å². The van der Waals surface area contributed by atoms with Crippen LogP contribution in [-0.2, 0) is 6.42 Å². The molecular weight excluding hydrogens is 433 g/mol. The second kappa shape index (κ2) is 9.20. The van der Waals surface area contributed by atoms with Crippen molar-refractivity contribution in [3.05, 3.63) is 105 Å². The highest BCUT2D eigenvalue weighted by atomic mass is 35.5. The number of nitrogens with zero attached hydrogens (tertiary/aromatic N) is 5. The average molecular weight is 450 g/mol. The Bertz CT molecular complexity index is 1360. The Kier molecular flexibility index (Phi) is 6.21. The minimum atomic E-state index is -0.284. The molecule has 0 saturated heterocycles. The number of aromatic nitrogens is 2. The van der Waals surface area contributed by atoms with Crippen LogP contribution in [0.4, 0.5) is 5.69 Å². The van der Waals surface area contributed by atoms with Gasteiger partial charge in [0.15, 0.2) is 0 Å². The lowest BCUT2D eigenvalue weighted by Crippen LogP contribution is -2.23. The Morgan fingerprint density at radius 1 is 0.968 bits per heavy atom. The zero-order chi connectivity index (χ0) is 21.8. The summed E-state index contributed by atoms with van der Waals surface area (Å²) in [6.45, 7) is 1.91. The minimum Gasteiger partial charge on any atom is -0.267 e. The molecule has 0 N–H and O–H groups in total. The van der Waals surface area contributed by atoms with Gasteiger partial charge in [-0.15, -0.1) is 15.3 Å². The summed E-state index contributed by atoms with van der Waals surface area (Å²) in [5.74, 6) is 0.698. The summed E-state index contributed by atoms with van der Waals surface area (Å²) >= 11 is 12.3. The number of amidine groups is 1. The van der Waals surface area contributed by atoms with Crippen molar-refractivity contribution in [3.8, 4) is 0 Å². The van der Waals surface area contributed by atoms with Crippen molar-refractivity contribution < 1.29 is 0 Å². The number of halogens is 2. The van der Waals surface area contributed by atoms with E-state index in [1.165, 1.54) is 4.68 Å². The predicted molar refractivity (Wildman–Crippen MR) is 125 cm³/mol. The van der Waals surface area contributed by atoms with Crippen molar-refractivity contribution in [2.75, 3.05) is 0 Å². The van der Waals surface area contributed by atoms with E-state index in [0.717, 1.165) is 0 Å². The van der Waals surface area contributed by atoms with E-state index in [2.05, 4.69) is 20.3 Å². The van der Waals surface area contributed by atoms with Gasteiger partial charge in [-0.2, -0.15) is 4.68 Å². The fraction of sp³-hybridized carbons (Fsp3) is 0.0870. The van der Waals surface area contributed by atoms with Crippen molar-refractivity contribution in [1.29, 1.82) is 0 Å². The van der Waals surface area contributed by atoms with Crippen LogP contribution in [-0.4, -0.2) is 15.5 Å². The lowest BCUT2D eigenvalue weighted by atomic mass is 10.2. The molecule has 154 valence electrons. The summed E-state index contributed by atoms with van der Waals surface area (Å²) in [4.78, 5) is 17.8. The van der Waals surface area contributed by atoms with Gasteiger partial charge >= 0.3 is 0 Å². The number of rotatable bonds is 4. The quantitative estimate of drug-likeness (QED) is 0.209. The molecule has 0 spiro atoms. The molecule has 0 atom stereocenters. The second-order valence-corrected chi connectivity index (χ2v) is 7.44. The molecule has 4 aromatic rings. The van der Waals surface area contributed by atoms with Crippen LogP contribution in [0.1, 0.15) is 18.3 Å². The number of azo groups is 1. The first-order valence-corrected chi connectivity index (χ1v) is 10.3. The number of aryl methyl sites for hydroxylation is 1. The maximum atomic E-state index is 13.2. The Morgan fingerprint density at radius 3 is 2.42 bits per heavy atom. The number of hydrogen-bond donors (Lipinski definition) is 0. The molecule has 3 aromatic carbocycles. The Morgan fingerprint density at radius 2 is 1.68 bits per heavy atom. The number of hydrogen-bond acceptors (Lipinski definition) is 4. The van der Waals surface area contributed by atoms with Crippen molar-refractivity contribution in [1.82, 2.24) is 9.66 Å². The van der Waals surface area contributed by atoms with E-state index in [1.807, 2.05) is 19.1 Å². The highest BCUT2D eigenvalue weighted by Crippen LogP contribution is 2.21. The van der Waals surface area contributed by atoms with Crippen LogP contribution in [0, 0.1) is 0 Å². The molecule has 31 heavy (non-hydrogen) atoms. The topological polar surface area (TPSA) is 72.0 Å². The fourth-order valence-electron chi connectivity index (χ4n) is 2.98. The van der Waals surface area contributed by atoms with Crippen molar-refractivity contribution in [2.24, 2.45) is 15.3 Å².